The molecule has 0 aliphatic heterocycles. The molecule has 0 saturated heterocycles. The molecule has 0 bridgehead atoms. The van der Waals surface area contributed by atoms with E-state index in [0.29, 0.717) is 24.5 Å². The molecule has 0 N–H and O–H groups in total. The summed E-state index contributed by atoms with van der Waals surface area (Å²) in [4.78, 5) is 11.9. The maximum absolute atomic E-state index is 11.9. The van der Waals surface area contributed by atoms with E-state index < -0.39 is 0 Å². The van der Waals surface area contributed by atoms with Crippen LogP contribution in [0.5, 0.6) is 0 Å². The van der Waals surface area contributed by atoms with Gasteiger partial charge in [-0.3, -0.25) is 0 Å². The minimum absolute atomic E-state index is 0.271. The van der Waals surface area contributed by atoms with Crippen LogP contribution in [0.3, 0.4) is 0 Å². The second kappa shape index (κ2) is 10.8. The molecule has 0 amide bonds. The second-order valence-corrected chi connectivity index (χ2v) is 5.64. The van der Waals surface area contributed by atoms with Crippen LogP contribution in [0.15, 0.2) is 48.6 Å². The summed E-state index contributed by atoms with van der Waals surface area (Å²) in [6, 6.07) is 10.0. The third-order valence-corrected chi connectivity index (χ3v) is 3.76. The summed E-state index contributed by atoms with van der Waals surface area (Å²) in [7, 11) is 0. The topological polar surface area (TPSA) is 26.3 Å². The maximum atomic E-state index is 11.9. The van der Waals surface area contributed by atoms with Gasteiger partial charge in [-0.15, -0.1) is 0 Å². The Labute approximate surface area is 134 Å². The number of benzene rings is 1. The lowest BCUT2D eigenvalue weighted by Gasteiger charge is -2.14. The van der Waals surface area contributed by atoms with Gasteiger partial charge in [0.15, 0.2) is 0 Å². The van der Waals surface area contributed by atoms with Gasteiger partial charge in [0, 0.05) is 5.57 Å². The number of carbonyl (C=O) groups excluding carboxylic acids is 1. The summed E-state index contributed by atoms with van der Waals surface area (Å²) < 4.78 is 5.38. The van der Waals surface area contributed by atoms with Gasteiger partial charge in [-0.05, 0) is 24.3 Å². The summed E-state index contributed by atoms with van der Waals surface area (Å²) in [5.74, 6) is 0.198. The quantitative estimate of drug-likeness (QED) is 0.427. The van der Waals surface area contributed by atoms with Gasteiger partial charge < -0.3 is 4.74 Å². The first kappa shape index (κ1) is 18.2. The van der Waals surface area contributed by atoms with Gasteiger partial charge in [0.1, 0.15) is 0 Å². The summed E-state index contributed by atoms with van der Waals surface area (Å²) >= 11 is 0. The van der Waals surface area contributed by atoms with E-state index in [2.05, 4.69) is 20.4 Å². The minimum Gasteiger partial charge on any atom is -0.462 e. The van der Waals surface area contributed by atoms with Gasteiger partial charge in [-0.25, -0.2) is 4.79 Å². The number of hydrogen-bond acceptors (Lipinski definition) is 2. The third kappa shape index (κ3) is 7.26. The highest BCUT2D eigenvalue weighted by Crippen LogP contribution is 2.14. The van der Waals surface area contributed by atoms with Gasteiger partial charge in [0.05, 0.1) is 6.61 Å². The molecule has 2 nitrogen and oxygen atoms in total. The normalized spacial score (nSPS) is 12.3. The summed E-state index contributed by atoms with van der Waals surface area (Å²) in [6.45, 7) is 8.66. The van der Waals surface area contributed by atoms with Crippen LogP contribution in [0.4, 0.5) is 0 Å². The van der Waals surface area contributed by atoms with E-state index in [-0.39, 0.29) is 5.97 Å². The van der Waals surface area contributed by atoms with Crippen LogP contribution in [0.25, 0.3) is 6.08 Å². The molecule has 0 spiro atoms. The van der Waals surface area contributed by atoms with E-state index in [0.717, 1.165) is 18.4 Å². The first-order valence-electron chi connectivity index (χ1n) is 8.23. The molecule has 1 aromatic carbocycles. The van der Waals surface area contributed by atoms with E-state index in [9.17, 15) is 4.79 Å². The monoisotopic (exact) mass is 300 g/mol. The van der Waals surface area contributed by atoms with E-state index in [1.54, 1.807) is 0 Å². The highest BCUT2D eigenvalue weighted by Gasteiger charge is 2.11. The average molecular weight is 300 g/mol. The van der Waals surface area contributed by atoms with Gasteiger partial charge in [0.25, 0.3) is 0 Å². The molecule has 22 heavy (non-hydrogen) atoms. The Kier molecular flexibility index (Phi) is 8.97. The Morgan fingerprint density at radius 3 is 2.64 bits per heavy atom. The SMILES string of the molecule is C=C(CC=Cc1ccccc1)C(=O)OCC(CC)CCCC. The van der Waals surface area contributed by atoms with Crippen molar-refractivity contribution in [1.82, 2.24) is 0 Å². The molecule has 0 radical (unpaired) electrons. The smallest absolute Gasteiger partial charge is 0.333 e. The van der Waals surface area contributed by atoms with Crippen molar-refractivity contribution in [3.05, 3.63) is 54.1 Å². The molecule has 1 rings (SSSR count). The first-order valence-corrected chi connectivity index (χ1v) is 8.23. The molecular weight excluding hydrogens is 272 g/mol. The molecule has 0 aliphatic rings. The number of unbranched alkanes of at least 4 members (excludes halogenated alkanes) is 1. The van der Waals surface area contributed by atoms with Crippen molar-refractivity contribution in [2.75, 3.05) is 6.61 Å². The lowest BCUT2D eigenvalue weighted by atomic mass is 10.0. The van der Waals surface area contributed by atoms with Crippen molar-refractivity contribution in [2.45, 2.75) is 46.0 Å². The predicted octanol–water partition coefficient (Wildman–Crippen LogP) is 5.41. The highest BCUT2D eigenvalue weighted by atomic mass is 16.5. The largest absolute Gasteiger partial charge is 0.462 e. The first-order chi connectivity index (χ1) is 10.7. The van der Waals surface area contributed by atoms with Gasteiger partial charge in [0.2, 0.25) is 0 Å². The van der Waals surface area contributed by atoms with Crippen LogP contribution in [-0.2, 0) is 9.53 Å². The van der Waals surface area contributed by atoms with Crippen molar-refractivity contribution in [1.29, 1.82) is 0 Å². The van der Waals surface area contributed by atoms with Crippen molar-refractivity contribution in [3.63, 3.8) is 0 Å². The van der Waals surface area contributed by atoms with Crippen molar-refractivity contribution >= 4 is 12.0 Å². The maximum Gasteiger partial charge on any atom is 0.333 e. The van der Waals surface area contributed by atoms with Crippen LogP contribution in [-0.4, -0.2) is 12.6 Å². The molecule has 1 atom stereocenters. The number of rotatable bonds is 10. The molecule has 120 valence electrons. The summed E-state index contributed by atoms with van der Waals surface area (Å²) in [6.07, 6.45) is 9.02. The molecule has 0 saturated carbocycles. The third-order valence-electron chi connectivity index (χ3n) is 3.76. The second-order valence-electron chi connectivity index (χ2n) is 5.64. The highest BCUT2D eigenvalue weighted by molar-refractivity contribution is 5.88. The van der Waals surface area contributed by atoms with E-state index in [1.807, 2.05) is 42.5 Å². The minimum atomic E-state index is -0.271. The Bertz CT molecular complexity index is 474. The molecule has 2 heteroatoms. The lowest BCUT2D eigenvalue weighted by molar-refractivity contribution is -0.140. The molecular formula is C20H28O2. The molecule has 0 aromatic heterocycles. The van der Waals surface area contributed by atoms with Crippen LogP contribution in [0.1, 0.15) is 51.5 Å². The Morgan fingerprint density at radius 1 is 1.27 bits per heavy atom. The fourth-order valence-corrected chi connectivity index (χ4v) is 2.18. The molecule has 1 aromatic rings. The molecule has 1 unspecified atom stereocenters. The molecule has 0 aliphatic carbocycles. The lowest BCUT2D eigenvalue weighted by Crippen LogP contribution is -2.14. The van der Waals surface area contributed by atoms with Crippen molar-refractivity contribution < 1.29 is 9.53 Å². The Hall–Kier alpha value is -1.83. The van der Waals surface area contributed by atoms with Crippen LogP contribution in [0, 0.1) is 5.92 Å². The van der Waals surface area contributed by atoms with E-state index in [4.69, 9.17) is 4.74 Å². The van der Waals surface area contributed by atoms with Crippen molar-refractivity contribution in [2.24, 2.45) is 5.92 Å². The van der Waals surface area contributed by atoms with E-state index in [1.165, 1.54) is 12.8 Å². The van der Waals surface area contributed by atoms with Crippen LogP contribution in [0.2, 0.25) is 0 Å². The summed E-state index contributed by atoms with van der Waals surface area (Å²) in [5, 5.41) is 0. The Balaban J connectivity index is 2.32. The number of esters is 1. The molecule has 0 fully saturated rings. The number of ether oxygens (including phenoxy) is 1. The number of carbonyl (C=O) groups is 1. The average Bonchev–Trinajstić information content (AvgIpc) is 2.55. The fourth-order valence-electron chi connectivity index (χ4n) is 2.18. The fraction of sp³-hybridized carbons (Fsp3) is 0.450. The number of allylic oxidation sites excluding steroid dienone is 1. The van der Waals surface area contributed by atoms with Gasteiger partial charge in [-0.1, -0.05) is 82.2 Å². The standard InChI is InChI=1S/C20H28O2/c1-4-6-12-18(5-2)16-22-20(21)17(3)11-10-15-19-13-8-7-9-14-19/h7-10,13-15,18H,3-6,11-12,16H2,1-2H3. The van der Waals surface area contributed by atoms with Crippen LogP contribution < -0.4 is 0 Å². The predicted molar refractivity (Wildman–Crippen MR) is 93.5 cm³/mol. The molecule has 0 heterocycles. The van der Waals surface area contributed by atoms with Gasteiger partial charge >= 0.3 is 5.97 Å². The number of hydrogen-bond donors (Lipinski definition) is 0. The zero-order valence-corrected chi connectivity index (χ0v) is 13.9. The summed E-state index contributed by atoms with van der Waals surface area (Å²) in [5.41, 5.74) is 1.63. The Morgan fingerprint density at radius 2 is 2.00 bits per heavy atom. The van der Waals surface area contributed by atoms with E-state index >= 15 is 0 Å². The van der Waals surface area contributed by atoms with Crippen LogP contribution >= 0.6 is 0 Å². The zero-order valence-electron chi connectivity index (χ0n) is 13.9. The zero-order chi connectivity index (χ0) is 16.2. The van der Waals surface area contributed by atoms with Gasteiger partial charge in [-0.2, -0.15) is 0 Å². The van der Waals surface area contributed by atoms with Crippen molar-refractivity contribution in [3.8, 4) is 0 Å².